The molecule has 0 aliphatic rings. The first-order valence-corrected chi connectivity index (χ1v) is 5.06. The number of aromatic hydroxyl groups is 1. The van der Waals surface area contributed by atoms with E-state index in [-0.39, 0.29) is 18.4 Å². The molecule has 1 aromatic rings. The summed E-state index contributed by atoms with van der Waals surface area (Å²) in [7, 11) is 0. The molecule has 1 atom stereocenters. The van der Waals surface area contributed by atoms with Crippen LogP contribution < -0.4 is 5.73 Å². The fourth-order valence-corrected chi connectivity index (χ4v) is 1.62. The summed E-state index contributed by atoms with van der Waals surface area (Å²) in [4.78, 5) is 0. The molecule has 3 heteroatoms. The van der Waals surface area contributed by atoms with E-state index in [1.54, 1.807) is 0 Å². The fraction of sp³-hybridized carbons (Fsp3) is 0.500. The Morgan fingerprint density at radius 1 is 1.33 bits per heavy atom. The lowest BCUT2D eigenvalue weighted by molar-refractivity contribution is 0.442. The maximum atomic E-state index is 9.80. The Morgan fingerprint density at radius 3 is 2.47 bits per heavy atom. The van der Waals surface area contributed by atoms with E-state index in [1.807, 2.05) is 25.1 Å². The maximum Gasteiger partial charge on any atom is 0.123 e. The van der Waals surface area contributed by atoms with Crippen LogP contribution in [-0.2, 0) is 0 Å². The molecule has 0 amide bonds. The van der Waals surface area contributed by atoms with Gasteiger partial charge in [0, 0.05) is 11.6 Å². The van der Waals surface area contributed by atoms with E-state index in [9.17, 15) is 5.11 Å². The number of nitrogens with two attached hydrogens (primary N) is 1. The molecule has 0 aromatic heterocycles. The molecule has 0 unspecified atom stereocenters. The molecule has 86 valence electrons. The fourth-order valence-electron chi connectivity index (χ4n) is 1.62. The Morgan fingerprint density at radius 2 is 1.93 bits per heavy atom. The number of hydrogen-bond acceptors (Lipinski definition) is 2. The van der Waals surface area contributed by atoms with Gasteiger partial charge in [0.15, 0.2) is 0 Å². The summed E-state index contributed by atoms with van der Waals surface area (Å²) in [5.74, 6) is 0.894. The minimum atomic E-state index is -0.0603. The lowest BCUT2D eigenvalue weighted by atomic mass is 9.96. The van der Waals surface area contributed by atoms with Gasteiger partial charge in [0.05, 0.1) is 0 Å². The average molecular weight is 230 g/mol. The first-order valence-electron chi connectivity index (χ1n) is 5.06. The van der Waals surface area contributed by atoms with Crippen molar-refractivity contribution < 1.29 is 5.11 Å². The van der Waals surface area contributed by atoms with Gasteiger partial charge in [-0.3, -0.25) is 0 Å². The third-order valence-corrected chi connectivity index (χ3v) is 2.39. The van der Waals surface area contributed by atoms with Crippen LogP contribution in [0.2, 0.25) is 0 Å². The Labute approximate surface area is 97.9 Å². The number of phenolic OH excluding ortho intramolecular Hbond substituents is 1. The molecule has 3 N–H and O–H groups in total. The van der Waals surface area contributed by atoms with E-state index in [0.717, 1.165) is 17.5 Å². The Bertz CT molecular complexity index is 312. The highest BCUT2D eigenvalue weighted by Crippen LogP contribution is 2.29. The summed E-state index contributed by atoms with van der Waals surface area (Å²) >= 11 is 0. The van der Waals surface area contributed by atoms with Gasteiger partial charge in [0.2, 0.25) is 0 Å². The van der Waals surface area contributed by atoms with Crippen molar-refractivity contribution in [2.75, 3.05) is 0 Å². The van der Waals surface area contributed by atoms with E-state index < -0.39 is 0 Å². The lowest BCUT2D eigenvalue weighted by Crippen LogP contribution is -2.13. The Kier molecular flexibility index (Phi) is 5.69. The summed E-state index contributed by atoms with van der Waals surface area (Å²) < 4.78 is 0. The molecule has 0 aliphatic carbocycles. The number of rotatable bonds is 3. The highest BCUT2D eigenvalue weighted by atomic mass is 35.5. The van der Waals surface area contributed by atoms with E-state index in [1.165, 1.54) is 0 Å². The molecule has 2 nitrogen and oxygen atoms in total. The zero-order valence-corrected chi connectivity index (χ0v) is 10.3. The molecule has 15 heavy (non-hydrogen) atoms. The van der Waals surface area contributed by atoms with Crippen molar-refractivity contribution in [2.45, 2.75) is 33.2 Å². The Hall–Kier alpha value is -0.730. The largest absolute Gasteiger partial charge is 0.507 e. The van der Waals surface area contributed by atoms with Crippen LogP contribution in [0.25, 0.3) is 0 Å². The van der Waals surface area contributed by atoms with Crippen molar-refractivity contribution in [1.82, 2.24) is 0 Å². The van der Waals surface area contributed by atoms with Crippen molar-refractivity contribution in [3.63, 3.8) is 0 Å². The molecule has 1 aromatic carbocycles. The van der Waals surface area contributed by atoms with Gasteiger partial charge in [0.25, 0.3) is 0 Å². The lowest BCUT2D eigenvalue weighted by Gasteiger charge is -2.16. The van der Waals surface area contributed by atoms with Crippen LogP contribution in [0, 0.1) is 12.8 Å². The summed E-state index contributed by atoms with van der Waals surface area (Å²) in [6, 6.07) is 5.66. The molecule has 0 saturated heterocycles. The maximum absolute atomic E-state index is 9.80. The van der Waals surface area contributed by atoms with Crippen molar-refractivity contribution >= 4 is 12.4 Å². The van der Waals surface area contributed by atoms with Gasteiger partial charge in [-0.15, -0.1) is 12.4 Å². The minimum Gasteiger partial charge on any atom is -0.507 e. The smallest absolute Gasteiger partial charge is 0.123 e. The van der Waals surface area contributed by atoms with Gasteiger partial charge < -0.3 is 10.8 Å². The molecule has 1 rings (SSSR count). The molecular weight excluding hydrogens is 210 g/mol. The zero-order valence-electron chi connectivity index (χ0n) is 9.53. The van der Waals surface area contributed by atoms with Crippen LogP contribution in [0.1, 0.15) is 37.4 Å². The molecule has 0 aliphatic heterocycles. The molecule has 0 heterocycles. The van der Waals surface area contributed by atoms with E-state index in [4.69, 9.17) is 5.73 Å². The zero-order chi connectivity index (χ0) is 10.7. The van der Waals surface area contributed by atoms with Crippen LogP contribution >= 0.6 is 12.4 Å². The van der Waals surface area contributed by atoms with E-state index >= 15 is 0 Å². The predicted octanol–water partition coefficient (Wildman–Crippen LogP) is 3.17. The molecule has 0 bridgehead atoms. The number of benzene rings is 1. The molecular formula is C12H20ClNO. The SMILES string of the molecule is Cc1cccc([C@@H](N)CC(C)C)c1O.Cl. The van der Waals surface area contributed by atoms with Crippen LogP contribution in [0.3, 0.4) is 0 Å². The van der Waals surface area contributed by atoms with Crippen molar-refractivity contribution in [3.05, 3.63) is 29.3 Å². The van der Waals surface area contributed by atoms with E-state index in [2.05, 4.69) is 13.8 Å². The first kappa shape index (κ1) is 14.3. The minimum absolute atomic E-state index is 0. The van der Waals surface area contributed by atoms with Gasteiger partial charge >= 0.3 is 0 Å². The second kappa shape index (κ2) is 5.99. The average Bonchev–Trinajstić information content (AvgIpc) is 2.08. The highest BCUT2D eigenvalue weighted by molar-refractivity contribution is 5.85. The topological polar surface area (TPSA) is 46.2 Å². The van der Waals surface area contributed by atoms with Gasteiger partial charge in [0.1, 0.15) is 5.75 Å². The number of hydrogen-bond donors (Lipinski definition) is 2. The normalized spacial score (nSPS) is 12.3. The number of halogens is 1. The summed E-state index contributed by atoms with van der Waals surface area (Å²) in [6.07, 6.45) is 0.900. The highest BCUT2D eigenvalue weighted by Gasteiger charge is 2.13. The summed E-state index contributed by atoms with van der Waals surface area (Å²) in [5, 5.41) is 9.80. The number of aryl methyl sites for hydroxylation is 1. The Balaban J connectivity index is 0.00000196. The second-order valence-corrected chi connectivity index (χ2v) is 4.25. The van der Waals surface area contributed by atoms with Crippen LogP contribution in [0.15, 0.2) is 18.2 Å². The second-order valence-electron chi connectivity index (χ2n) is 4.25. The summed E-state index contributed by atoms with van der Waals surface area (Å²) in [6.45, 7) is 6.15. The number of phenols is 1. The van der Waals surface area contributed by atoms with Crippen molar-refractivity contribution in [3.8, 4) is 5.75 Å². The van der Waals surface area contributed by atoms with Gasteiger partial charge in [-0.25, -0.2) is 0 Å². The molecule has 0 saturated carbocycles. The van der Waals surface area contributed by atoms with Crippen molar-refractivity contribution in [2.24, 2.45) is 11.7 Å². The predicted molar refractivity (Wildman–Crippen MR) is 66.5 cm³/mol. The quantitative estimate of drug-likeness (QED) is 0.837. The molecule has 0 radical (unpaired) electrons. The summed E-state index contributed by atoms with van der Waals surface area (Å²) in [5.41, 5.74) is 7.76. The first-order chi connectivity index (χ1) is 6.52. The third kappa shape index (κ3) is 3.73. The third-order valence-electron chi connectivity index (χ3n) is 2.39. The van der Waals surface area contributed by atoms with Crippen LogP contribution in [0.4, 0.5) is 0 Å². The standard InChI is InChI=1S/C12H19NO.ClH/c1-8(2)7-11(13)10-6-4-5-9(3)12(10)14;/h4-6,8,11,14H,7,13H2,1-3H3;1H/t11-;/m0./s1. The molecule has 0 fully saturated rings. The molecule has 0 spiro atoms. The van der Waals surface area contributed by atoms with Gasteiger partial charge in [-0.1, -0.05) is 32.0 Å². The van der Waals surface area contributed by atoms with E-state index in [0.29, 0.717) is 11.7 Å². The van der Waals surface area contributed by atoms with Crippen molar-refractivity contribution in [1.29, 1.82) is 0 Å². The van der Waals surface area contributed by atoms with Crippen LogP contribution in [-0.4, -0.2) is 5.11 Å². The van der Waals surface area contributed by atoms with Gasteiger partial charge in [-0.05, 0) is 24.8 Å². The van der Waals surface area contributed by atoms with Crippen LogP contribution in [0.5, 0.6) is 5.75 Å². The van der Waals surface area contributed by atoms with Gasteiger partial charge in [-0.2, -0.15) is 0 Å². The number of para-hydroxylation sites is 1. The monoisotopic (exact) mass is 229 g/mol.